The van der Waals surface area contributed by atoms with E-state index in [-0.39, 0.29) is 32.2 Å². The quantitative estimate of drug-likeness (QED) is 0.0913. The molecule has 2 aliphatic rings. The number of imide groups is 1. The van der Waals surface area contributed by atoms with Gasteiger partial charge in [0.25, 0.3) is 29.1 Å². The molecule has 44 heavy (non-hydrogen) atoms. The van der Waals surface area contributed by atoms with Gasteiger partial charge in [0, 0.05) is 45.0 Å². The Morgan fingerprint density at radius 3 is 1.61 bits per heavy atom. The summed E-state index contributed by atoms with van der Waals surface area (Å²) >= 11 is 7.06. The lowest BCUT2D eigenvalue weighted by molar-refractivity contribution is -0.385. The van der Waals surface area contributed by atoms with Gasteiger partial charge in [0.05, 0.1) is 21.7 Å². The molecule has 0 spiro atoms. The van der Waals surface area contributed by atoms with Gasteiger partial charge < -0.3 is 4.74 Å². The Morgan fingerprint density at radius 2 is 1.16 bits per heavy atom. The summed E-state index contributed by atoms with van der Waals surface area (Å²) < 4.78 is 5.68. The first kappa shape index (κ1) is 30.9. The second-order valence-corrected chi connectivity index (χ2v) is 12.5. The highest BCUT2D eigenvalue weighted by molar-refractivity contribution is 9.12. The lowest BCUT2D eigenvalue weighted by atomic mass is 9.81. The number of hydrogen-bond donors (Lipinski definition) is 0. The summed E-state index contributed by atoms with van der Waals surface area (Å²) in [5.74, 6) is -3.34. The number of ketones is 1. The Kier molecular flexibility index (Phi) is 8.87. The highest BCUT2D eigenvalue weighted by Crippen LogP contribution is 2.43. The molecule has 3 aromatic carbocycles. The lowest BCUT2D eigenvalue weighted by Gasteiger charge is -2.30. The molecule has 1 aliphatic carbocycles. The molecule has 15 heteroatoms. The van der Waals surface area contributed by atoms with E-state index in [9.17, 15) is 39.4 Å². The van der Waals surface area contributed by atoms with Crippen molar-refractivity contribution in [2.24, 2.45) is 11.8 Å². The second-order valence-electron chi connectivity index (χ2n) is 10.2. The van der Waals surface area contributed by atoms with Crippen LogP contribution in [0.25, 0.3) is 0 Å². The van der Waals surface area contributed by atoms with Crippen molar-refractivity contribution in [1.82, 2.24) is 10.0 Å². The van der Waals surface area contributed by atoms with Gasteiger partial charge in [-0.2, -0.15) is 5.01 Å². The number of amides is 3. The van der Waals surface area contributed by atoms with Crippen molar-refractivity contribution >= 4 is 66.7 Å². The van der Waals surface area contributed by atoms with Gasteiger partial charge in [-0.1, -0.05) is 31.9 Å². The third-order valence-electron chi connectivity index (χ3n) is 7.44. The Morgan fingerprint density at radius 1 is 0.750 bits per heavy atom. The largest absolute Gasteiger partial charge is 0.457 e. The van der Waals surface area contributed by atoms with Gasteiger partial charge in [-0.25, -0.2) is 5.01 Å². The highest BCUT2D eigenvalue weighted by atomic mass is 79.9. The zero-order valence-electron chi connectivity index (χ0n) is 22.6. The standard InChI is InChI=1S/C29H22Br2N4O9/c30-24-13-22-23(14-25(24)31)29(39)33(28(22)38)32(27(37)17-1-5-18(6-2-17)34(40)41)15-26(36)16-3-9-20(10-4-16)44-21-11-7-19(8-12-21)35(42)43/h1-12,22-25H,13-15H2/t22-,23+,24-,25-/m0/s1. The number of non-ortho nitro benzene ring substituents is 2. The van der Waals surface area contributed by atoms with E-state index in [0.717, 1.165) is 22.2 Å². The number of fused-ring (bicyclic) bond motifs is 1. The number of hydrazine groups is 1. The Labute approximate surface area is 266 Å². The molecule has 1 heterocycles. The molecular weight excluding hydrogens is 708 g/mol. The molecule has 0 unspecified atom stereocenters. The monoisotopic (exact) mass is 728 g/mol. The molecule has 0 aromatic heterocycles. The predicted molar refractivity (Wildman–Crippen MR) is 162 cm³/mol. The van der Waals surface area contributed by atoms with Crippen molar-refractivity contribution in [2.75, 3.05) is 6.54 Å². The number of halogens is 2. The van der Waals surface area contributed by atoms with Crippen molar-refractivity contribution in [3.05, 3.63) is 104 Å². The first-order valence-electron chi connectivity index (χ1n) is 13.2. The van der Waals surface area contributed by atoms with E-state index in [1.54, 1.807) is 0 Å². The first-order valence-corrected chi connectivity index (χ1v) is 15.1. The molecule has 1 aliphatic heterocycles. The van der Waals surface area contributed by atoms with E-state index in [1.807, 2.05) is 0 Å². The smallest absolute Gasteiger partial charge is 0.273 e. The van der Waals surface area contributed by atoms with E-state index in [1.165, 1.54) is 60.7 Å². The van der Waals surface area contributed by atoms with E-state index in [0.29, 0.717) is 24.3 Å². The number of nitrogens with zero attached hydrogens (tertiary/aromatic N) is 4. The van der Waals surface area contributed by atoms with Crippen LogP contribution in [0.3, 0.4) is 0 Å². The maximum Gasteiger partial charge on any atom is 0.273 e. The summed E-state index contributed by atoms with van der Waals surface area (Å²) in [4.78, 5) is 74.9. The summed E-state index contributed by atoms with van der Waals surface area (Å²) in [6, 6.07) is 15.9. The van der Waals surface area contributed by atoms with Crippen molar-refractivity contribution in [2.45, 2.75) is 22.5 Å². The molecule has 1 saturated heterocycles. The van der Waals surface area contributed by atoms with Crippen LogP contribution < -0.4 is 4.74 Å². The number of ether oxygens (including phenoxy) is 1. The number of nitro groups is 2. The summed E-state index contributed by atoms with van der Waals surface area (Å²) in [7, 11) is 0. The van der Waals surface area contributed by atoms with E-state index >= 15 is 0 Å². The number of carbonyl (C=O) groups is 4. The van der Waals surface area contributed by atoms with Crippen molar-refractivity contribution < 1.29 is 33.8 Å². The Hall–Kier alpha value is -4.50. The van der Waals surface area contributed by atoms with Crippen molar-refractivity contribution in [3.8, 4) is 11.5 Å². The predicted octanol–water partition coefficient (Wildman–Crippen LogP) is 5.46. The third-order valence-corrected chi connectivity index (χ3v) is 10.2. The number of rotatable bonds is 9. The number of benzene rings is 3. The summed E-state index contributed by atoms with van der Waals surface area (Å²) in [5, 5.41) is 23.5. The van der Waals surface area contributed by atoms with Crippen LogP contribution in [0.1, 0.15) is 33.6 Å². The molecule has 1 saturated carbocycles. The summed E-state index contributed by atoms with van der Waals surface area (Å²) in [5.41, 5.74) is -0.256. The van der Waals surface area contributed by atoms with E-state index < -0.39 is 51.7 Å². The Bertz CT molecular complexity index is 1620. The third kappa shape index (κ3) is 6.24. The fourth-order valence-corrected chi connectivity index (χ4v) is 6.37. The SMILES string of the molecule is O=C(CN(C(=O)c1ccc([N+](=O)[O-])cc1)N1C(=O)[C@H]2C[C@H](Br)[C@@H](Br)C[C@H]2C1=O)c1ccc(Oc2ccc([N+](=O)[O-])cc2)cc1. The van der Waals surface area contributed by atoms with Crippen molar-refractivity contribution in [1.29, 1.82) is 0 Å². The van der Waals surface area contributed by atoms with Crippen LogP contribution in [0.4, 0.5) is 11.4 Å². The van der Waals surface area contributed by atoms with Gasteiger partial charge in [-0.05, 0) is 61.4 Å². The van der Waals surface area contributed by atoms with Gasteiger partial charge in [0.2, 0.25) is 0 Å². The average molecular weight is 730 g/mol. The van der Waals surface area contributed by atoms with Crippen molar-refractivity contribution in [3.63, 3.8) is 0 Å². The normalized spacial score (nSPS) is 21.0. The maximum atomic E-state index is 13.7. The topological polar surface area (TPSA) is 170 Å². The molecule has 226 valence electrons. The number of alkyl halides is 2. The molecule has 0 radical (unpaired) electrons. The number of hydrogen-bond acceptors (Lipinski definition) is 9. The number of carbonyl (C=O) groups excluding carboxylic acids is 4. The minimum absolute atomic E-state index is 0.0533. The van der Waals surface area contributed by atoms with Crippen LogP contribution >= 0.6 is 31.9 Å². The van der Waals surface area contributed by atoms with Crippen LogP contribution in [0.5, 0.6) is 11.5 Å². The minimum Gasteiger partial charge on any atom is -0.457 e. The van der Waals surface area contributed by atoms with Gasteiger partial charge in [-0.3, -0.25) is 39.4 Å². The Balaban J connectivity index is 1.39. The average Bonchev–Trinajstić information content (AvgIpc) is 3.24. The van der Waals surface area contributed by atoms with Crippen LogP contribution in [-0.4, -0.2) is 59.6 Å². The fraction of sp³-hybridized carbons (Fsp3) is 0.241. The minimum atomic E-state index is -0.850. The van der Waals surface area contributed by atoms with Crippen LogP contribution in [0.2, 0.25) is 0 Å². The molecule has 0 N–H and O–H groups in total. The van der Waals surface area contributed by atoms with E-state index in [4.69, 9.17) is 4.74 Å². The molecule has 5 rings (SSSR count). The highest BCUT2D eigenvalue weighted by Gasteiger charge is 2.54. The lowest BCUT2D eigenvalue weighted by Crippen LogP contribution is -2.52. The molecule has 13 nitrogen and oxygen atoms in total. The molecule has 3 aromatic rings. The molecule has 2 fully saturated rings. The van der Waals surface area contributed by atoms with Gasteiger partial charge in [-0.15, -0.1) is 0 Å². The zero-order chi connectivity index (χ0) is 31.7. The zero-order valence-corrected chi connectivity index (χ0v) is 25.7. The van der Waals surface area contributed by atoms with Gasteiger partial charge >= 0.3 is 0 Å². The molecule has 0 bridgehead atoms. The van der Waals surface area contributed by atoms with E-state index in [2.05, 4.69) is 31.9 Å². The first-order chi connectivity index (χ1) is 20.9. The number of Topliss-reactive ketones (excluding diaryl/α,β-unsaturated/α-hetero) is 1. The van der Waals surface area contributed by atoms with Gasteiger partial charge in [0.15, 0.2) is 5.78 Å². The molecular formula is C29H22Br2N4O9. The number of nitro benzene ring substituents is 2. The summed E-state index contributed by atoms with van der Waals surface area (Å²) in [6.07, 6.45) is 0.705. The molecule has 4 atom stereocenters. The van der Waals surface area contributed by atoms with Crippen LogP contribution in [0.15, 0.2) is 72.8 Å². The van der Waals surface area contributed by atoms with Crippen LogP contribution in [0, 0.1) is 32.1 Å². The fourth-order valence-electron chi connectivity index (χ4n) is 5.13. The summed E-state index contributed by atoms with van der Waals surface area (Å²) in [6.45, 7) is -0.662. The maximum absolute atomic E-state index is 13.7. The second kappa shape index (κ2) is 12.6. The van der Waals surface area contributed by atoms with Crippen LogP contribution in [-0.2, 0) is 9.59 Å². The molecule has 3 amide bonds. The van der Waals surface area contributed by atoms with Gasteiger partial charge in [0.1, 0.15) is 18.0 Å².